The van der Waals surface area contributed by atoms with E-state index in [-0.39, 0.29) is 25.7 Å². The number of hydrogen-bond donors (Lipinski definition) is 10. The molecular formula is C87H161O25P. The largest absolute Gasteiger partial charge is 0.472 e. The summed E-state index contributed by atoms with van der Waals surface area (Å²) in [6.45, 7) is 5.57. The van der Waals surface area contributed by atoms with Crippen molar-refractivity contribution < 1.29 is 122 Å². The molecule has 0 aromatic heterocycles. The van der Waals surface area contributed by atoms with E-state index in [9.17, 15) is 74.6 Å². The number of phosphoric acid groups is 1. The zero-order chi connectivity index (χ0) is 82.5. The van der Waals surface area contributed by atoms with Crippen molar-refractivity contribution >= 4 is 31.7 Å². The van der Waals surface area contributed by atoms with Crippen LogP contribution in [-0.4, -0.2) is 205 Å². The topological polar surface area (TPSA) is 380 Å². The second-order valence-corrected chi connectivity index (χ2v) is 33.9. The van der Waals surface area contributed by atoms with Crippen molar-refractivity contribution in [2.45, 2.75) is 491 Å². The number of unbranched alkanes of at least 4 members (excludes halogenated alkanes) is 47. The number of allylic oxidation sites excluding steroid dienone is 2. The summed E-state index contributed by atoms with van der Waals surface area (Å²) in [6.07, 6.45) is 23.7. The minimum absolute atomic E-state index is 0.00432. The average Bonchev–Trinajstić information content (AvgIpc) is 0.765. The number of esters is 4. The average molecular weight is 1640 g/mol. The van der Waals surface area contributed by atoms with Crippen LogP contribution >= 0.6 is 7.82 Å². The SMILES string of the molecule is CCCCCCCC/C=C\CCCCCC(=O)OCC1OC(OC2C(OC(=O)CCCCCCCCCCCCCCCCC)C(O)C(O)C(OC3OC(CO)C(O)C(O)C3O)C2OP(=O)(O)OCC(COC(=O)CCCCCCCCCCCCCCC)OC(=O)CCCCCCCCCCCCCCC)C(O)C(O)C1O. The molecule has 0 aromatic rings. The van der Waals surface area contributed by atoms with Gasteiger partial charge in [-0.15, -0.1) is 0 Å². The molecule has 2 saturated heterocycles. The van der Waals surface area contributed by atoms with E-state index in [1.165, 1.54) is 173 Å². The Morgan fingerprint density at radius 1 is 0.345 bits per heavy atom. The summed E-state index contributed by atoms with van der Waals surface area (Å²) in [5.41, 5.74) is 0. The first kappa shape index (κ1) is 104. The van der Waals surface area contributed by atoms with E-state index in [0.717, 1.165) is 122 Å². The highest BCUT2D eigenvalue weighted by Crippen LogP contribution is 2.49. The molecule has 2 heterocycles. The maximum absolute atomic E-state index is 14.9. The summed E-state index contributed by atoms with van der Waals surface area (Å²) in [4.78, 5) is 66.3. The summed E-state index contributed by atoms with van der Waals surface area (Å²) in [5.74, 6) is -2.97. The van der Waals surface area contributed by atoms with Gasteiger partial charge in [0.25, 0.3) is 0 Å². The molecule has 3 aliphatic rings. The van der Waals surface area contributed by atoms with Crippen LogP contribution in [0.4, 0.5) is 0 Å². The molecule has 664 valence electrons. The quantitative estimate of drug-likeness (QED) is 0.00889. The summed E-state index contributed by atoms with van der Waals surface area (Å²) in [6, 6.07) is 0. The van der Waals surface area contributed by atoms with Gasteiger partial charge in [0.1, 0.15) is 92.6 Å². The fourth-order valence-electron chi connectivity index (χ4n) is 15.0. The molecule has 26 heteroatoms. The molecule has 10 N–H and O–H groups in total. The number of aliphatic hydroxyl groups excluding tert-OH is 9. The van der Waals surface area contributed by atoms with Crippen LogP contribution in [0.2, 0.25) is 0 Å². The first-order valence-electron chi connectivity index (χ1n) is 45.4. The van der Waals surface area contributed by atoms with E-state index in [1.807, 2.05) is 0 Å². The van der Waals surface area contributed by atoms with E-state index in [4.69, 9.17) is 46.9 Å². The van der Waals surface area contributed by atoms with Gasteiger partial charge in [-0.3, -0.25) is 28.2 Å². The maximum atomic E-state index is 14.9. The third-order valence-electron chi connectivity index (χ3n) is 22.3. The van der Waals surface area contributed by atoms with Crippen molar-refractivity contribution in [3.63, 3.8) is 0 Å². The van der Waals surface area contributed by atoms with Crippen LogP contribution in [-0.2, 0) is 70.7 Å². The highest BCUT2D eigenvalue weighted by Gasteiger charge is 2.60. The standard InChI is InChI=1S/C87H161O25P/c1-5-9-13-17-21-25-29-33-34-38-42-46-50-54-58-62-73(92)109-82-78(97)79(98)83(110-86-80(99)76(95)74(93)68(63-88)107-86)85(84(82)111-87-81(100)77(96)75(94)69(108-87)66-104-71(90)60-56-52-48-44-40-36-31-27-23-19-15-11-7-3)112-113(101,102)105-65-67(106-72(91)61-57-53-49-45-41-37-32-28-24-20-16-12-8-4)64-103-70(89)59-55-51-47-43-39-35-30-26-22-18-14-10-6-2/h36,40,67-69,74-88,93-100H,5-35,37-39,41-66H2,1-4H3,(H,101,102)/b40-36-. The molecule has 113 heavy (non-hydrogen) atoms. The van der Waals surface area contributed by atoms with Crippen LogP contribution in [0, 0.1) is 0 Å². The summed E-state index contributed by atoms with van der Waals surface area (Å²) in [7, 11) is -5.80. The molecule has 1 saturated carbocycles. The zero-order valence-corrected chi connectivity index (χ0v) is 71.3. The smallest absolute Gasteiger partial charge is 0.463 e. The molecule has 0 spiro atoms. The molecular weight excluding hydrogens is 1480 g/mol. The fourth-order valence-corrected chi connectivity index (χ4v) is 16.0. The van der Waals surface area contributed by atoms with Gasteiger partial charge in [-0.25, -0.2) is 4.57 Å². The molecule has 3 fully saturated rings. The number of carbonyl (C=O) groups excluding carboxylic acids is 4. The van der Waals surface area contributed by atoms with Crippen LogP contribution in [0.5, 0.6) is 0 Å². The molecule has 18 atom stereocenters. The van der Waals surface area contributed by atoms with Gasteiger partial charge in [0, 0.05) is 25.7 Å². The summed E-state index contributed by atoms with van der Waals surface area (Å²) in [5, 5.41) is 102. The Bertz CT molecular complexity index is 2410. The molecule has 25 nitrogen and oxygen atoms in total. The van der Waals surface area contributed by atoms with Gasteiger partial charge in [-0.1, -0.05) is 322 Å². The Balaban J connectivity index is 1.93. The van der Waals surface area contributed by atoms with E-state index in [1.54, 1.807) is 0 Å². The number of hydrogen-bond acceptors (Lipinski definition) is 24. The van der Waals surface area contributed by atoms with Crippen molar-refractivity contribution in [3.8, 4) is 0 Å². The third-order valence-corrected chi connectivity index (χ3v) is 23.3. The van der Waals surface area contributed by atoms with Crippen LogP contribution < -0.4 is 0 Å². The Morgan fingerprint density at radius 3 is 1.06 bits per heavy atom. The van der Waals surface area contributed by atoms with Gasteiger partial charge < -0.3 is 88.7 Å². The zero-order valence-electron chi connectivity index (χ0n) is 70.4. The van der Waals surface area contributed by atoms with Gasteiger partial charge in [-0.05, 0) is 51.4 Å². The molecule has 2 aliphatic heterocycles. The Kier molecular flexibility index (Phi) is 61.8. The van der Waals surface area contributed by atoms with E-state index in [2.05, 4.69) is 39.8 Å². The minimum atomic E-state index is -5.80. The van der Waals surface area contributed by atoms with Crippen molar-refractivity contribution in [2.24, 2.45) is 0 Å². The third kappa shape index (κ3) is 47.7. The predicted octanol–water partition coefficient (Wildman–Crippen LogP) is 16.0. The Hall–Kier alpha value is -2.79. The van der Waals surface area contributed by atoms with Crippen molar-refractivity contribution in [1.29, 1.82) is 0 Å². The van der Waals surface area contributed by atoms with Gasteiger partial charge in [0.2, 0.25) is 0 Å². The van der Waals surface area contributed by atoms with Crippen molar-refractivity contribution in [2.75, 3.05) is 26.4 Å². The van der Waals surface area contributed by atoms with E-state index < -0.39 is 162 Å². The number of aliphatic hydroxyl groups is 9. The monoisotopic (exact) mass is 1640 g/mol. The predicted molar refractivity (Wildman–Crippen MR) is 435 cm³/mol. The second kappa shape index (κ2) is 66.9. The van der Waals surface area contributed by atoms with Gasteiger partial charge >= 0.3 is 31.7 Å². The molecule has 0 bridgehead atoms. The number of rotatable bonds is 73. The van der Waals surface area contributed by atoms with Gasteiger partial charge in [0.05, 0.1) is 13.2 Å². The Labute approximate surface area is 680 Å². The van der Waals surface area contributed by atoms with Crippen molar-refractivity contribution in [1.82, 2.24) is 0 Å². The van der Waals surface area contributed by atoms with Crippen molar-refractivity contribution in [3.05, 3.63) is 12.2 Å². The van der Waals surface area contributed by atoms with Crippen LogP contribution in [0.15, 0.2) is 12.2 Å². The van der Waals surface area contributed by atoms with E-state index >= 15 is 0 Å². The molecule has 0 amide bonds. The lowest BCUT2D eigenvalue weighted by atomic mass is 9.84. The molecule has 0 aromatic carbocycles. The maximum Gasteiger partial charge on any atom is 0.472 e. The van der Waals surface area contributed by atoms with Crippen LogP contribution in [0.1, 0.15) is 387 Å². The minimum Gasteiger partial charge on any atom is -0.463 e. The van der Waals surface area contributed by atoms with Crippen LogP contribution in [0.25, 0.3) is 0 Å². The molecule has 1 aliphatic carbocycles. The normalized spacial score (nSPS) is 25.5. The highest BCUT2D eigenvalue weighted by molar-refractivity contribution is 7.47. The number of phosphoric ester groups is 1. The summed E-state index contributed by atoms with van der Waals surface area (Å²) >= 11 is 0. The first-order valence-corrected chi connectivity index (χ1v) is 46.9. The first-order chi connectivity index (χ1) is 54.7. The summed E-state index contributed by atoms with van der Waals surface area (Å²) < 4.78 is 73.3. The second-order valence-electron chi connectivity index (χ2n) is 32.5. The van der Waals surface area contributed by atoms with Crippen LogP contribution in [0.3, 0.4) is 0 Å². The molecule has 18 unspecified atom stereocenters. The lowest BCUT2D eigenvalue weighted by molar-refractivity contribution is -0.360. The lowest BCUT2D eigenvalue weighted by Crippen LogP contribution is -2.70. The van der Waals surface area contributed by atoms with Gasteiger partial charge in [0.15, 0.2) is 24.8 Å². The van der Waals surface area contributed by atoms with E-state index in [0.29, 0.717) is 38.5 Å². The fraction of sp³-hybridized carbons (Fsp3) is 0.931. The van der Waals surface area contributed by atoms with Gasteiger partial charge in [-0.2, -0.15) is 0 Å². The molecule has 0 radical (unpaired) electrons. The molecule has 3 rings (SSSR count). The lowest BCUT2D eigenvalue weighted by Gasteiger charge is -2.50. The number of ether oxygens (including phenoxy) is 8. The number of carbonyl (C=O) groups is 4. The highest BCUT2D eigenvalue weighted by atomic mass is 31.2. The Morgan fingerprint density at radius 2 is 0.664 bits per heavy atom.